The second kappa shape index (κ2) is 12.3. The molecule has 0 unspecified atom stereocenters. The highest BCUT2D eigenvalue weighted by molar-refractivity contribution is 7.27. The van der Waals surface area contributed by atoms with Gasteiger partial charge in [0.2, 0.25) is 0 Å². The van der Waals surface area contributed by atoms with Crippen molar-refractivity contribution in [2.75, 3.05) is 0 Å². The fourth-order valence-corrected chi connectivity index (χ4v) is 11.6. The van der Waals surface area contributed by atoms with Crippen molar-refractivity contribution in [1.82, 2.24) is 19.1 Å². The Labute approximate surface area is 352 Å². The lowest BCUT2D eigenvalue weighted by Crippen LogP contribution is -2.04. The fourth-order valence-electron chi connectivity index (χ4n) is 10.3. The third kappa shape index (κ3) is 4.48. The summed E-state index contributed by atoms with van der Waals surface area (Å²) in [5.41, 5.74) is 7.82. The van der Waals surface area contributed by atoms with E-state index in [1.54, 1.807) is 0 Å². The Bertz CT molecular complexity index is 4160. The van der Waals surface area contributed by atoms with Crippen LogP contribution in [0.5, 0.6) is 0 Å². The first-order chi connectivity index (χ1) is 30.3. The maximum absolute atomic E-state index is 5.65. The van der Waals surface area contributed by atoms with Gasteiger partial charge in [0.15, 0.2) is 5.82 Å². The molecule has 10 aromatic carbocycles. The molecule has 282 valence electrons. The Morgan fingerprint density at radius 1 is 0.361 bits per heavy atom. The largest absolute Gasteiger partial charge is 0.309 e. The van der Waals surface area contributed by atoms with Crippen LogP contribution in [0.2, 0.25) is 0 Å². The third-order valence-corrected chi connectivity index (χ3v) is 14.0. The van der Waals surface area contributed by atoms with E-state index in [-0.39, 0.29) is 0 Å². The molecular formula is C56H32N4S. The number of aromatic nitrogens is 4. The van der Waals surface area contributed by atoms with Crippen molar-refractivity contribution in [3.63, 3.8) is 0 Å². The Kier molecular flexibility index (Phi) is 6.68. The summed E-state index contributed by atoms with van der Waals surface area (Å²) in [5, 5.41) is 15.7. The first-order valence-electron chi connectivity index (χ1n) is 20.8. The monoisotopic (exact) mass is 792 g/mol. The zero-order chi connectivity index (χ0) is 39.8. The minimum atomic E-state index is 0.708. The molecule has 0 aliphatic carbocycles. The van der Waals surface area contributed by atoms with Crippen molar-refractivity contribution in [2.45, 2.75) is 0 Å². The van der Waals surface area contributed by atoms with E-state index in [1.807, 2.05) is 11.3 Å². The fraction of sp³-hybridized carbons (Fsp3) is 0. The molecule has 61 heavy (non-hydrogen) atoms. The van der Waals surface area contributed by atoms with Gasteiger partial charge in [0.1, 0.15) is 5.82 Å². The minimum Gasteiger partial charge on any atom is -0.309 e. The second-order valence-corrected chi connectivity index (χ2v) is 17.1. The van der Waals surface area contributed by atoms with E-state index in [0.29, 0.717) is 5.82 Å². The number of fused-ring (bicyclic) bond motifs is 19. The van der Waals surface area contributed by atoms with Crippen molar-refractivity contribution in [3.8, 4) is 22.9 Å². The summed E-state index contributed by atoms with van der Waals surface area (Å²) in [4.78, 5) is 11.1. The van der Waals surface area contributed by atoms with E-state index in [4.69, 9.17) is 9.97 Å². The first-order valence-corrected chi connectivity index (χ1v) is 21.6. The Hall–Kier alpha value is -7.86. The van der Waals surface area contributed by atoms with E-state index >= 15 is 0 Å². The molecule has 4 heterocycles. The van der Waals surface area contributed by atoms with Gasteiger partial charge in [-0.2, -0.15) is 0 Å². The molecule has 0 radical (unpaired) electrons. The minimum absolute atomic E-state index is 0.708. The summed E-state index contributed by atoms with van der Waals surface area (Å²) in [6.07, 6.45) is 0. The zero-order valence-corrected chi connectivity index (χ0v) is 33.5. The lowest BCUT2D eigenvalue weighted by molar-refractivity contribution is 1.08. The van der Waals surface area contributed by atoms with Gasteiger partial charge in [-0.05, 0) is 57.9 Å². The average molecular weight is 793 g/mol. The Morgan fingerprint density at radius 3 is 1.66 bits per heavy atom. The molecule has 0 atom stereocenters. The number of rotatable bonds is 3. The van der Waals surface area contributed by atoms with Crippen LogP contribution in [-0.4, -0.2) is 19.1 Å². The summed E-state index contributed by atoms with van der Waals surface area (Å²) in [7, 11) is 0. The van der Waals surface area contributed by atoms with Crippen LogP contribution in [0.25, 0.3) is 130 Å². The van der Waals surface area contributed by atoms with Crippen LogP contribution < -0.4 is 0 Å². The molecule has 14 rings (SSSR count). The van der Waals surface area contributed by atoms with Crippen LogP contribution in [0.15, 0.2) is 194 Å². The van der Waals surface area contributed by atoms with E-state index in [0.717, 1.165) is 49.8 Å². The molecule has 4 aromatic heterocycles. The van der Waals surface area contributed by atoms with Crippen molar-refractivity contribution in [1.29, 1.82) is 0 Å². The highest BCUT2D eigenvalue weighted by atomic mass is 32.1. The predicted molar refractivity (Wildman–Crippen MR) is 259 cm³/mol. The third-order valence-electron chi connectivity index (χ3n) is 12.9. The molecule has 0 N–H and O–H groups in total. The van der Waals surface area contributed by atoms with Gasteiger partial charge in [-0.25, -0.2) is 9.97 Å². The quantitative estimate of drug-likeness (QED) is 0.167. The van der Waals surface area contributed by atoms with Crippen LogP contribution in [0.4, 0.5) is 0 Å². The number of hydrogen-bond donors (Lipinski definition) is 0. The summed E-state index contributed by atoms with van der Waals surface area (Å²) in [5.74, 6) is 1.59. The Morgan fingerprint density at radius 2 is 0.918 bits per heavy atom. The Balaban J connectivity index is 1.19. The second-order valence-electron chi connectivity index (χ2n) is 16.0. The molecule has 5 heteroatoms. The zero-order valence-electron chi connectivity index (χ0n) is 32.7. The molecule has 14 aromatic rings. The van der Waals surface area contributed by atoms with Crippen molar-refractivity contribution in [2.24, 2.45) is 0 Å². The van der Waals surface area contributed by atoms with Gasteiger partial charge >= 0.3 is 0 Å². The molecule has 0 saturated heterocycles. The normalized spacial score (nSPS) is 12.3. The molecule has 0 saturated carbocycles. The highest BCUT2D eigenvalue weighted by Gasteiger charge is 2.26. The average Bonchev–Trinajstić information content (AvgIpc) is 3.99. The maximum Gasteiger partial charge on any atom is 0.162 e. The lowest BCUT2D eigenvalue weighted by atomic mass is 9.97. The maximum atomic E-state index is 5.65. The molecule has 0 aliphatic heterocycles. The lowest BCUT2D eigenvalue weighted by Gasteiger charge is -2.17. The van der Waals surface area contributed by atoms with Gasteiger partial charge < -0.3 is 4.57 Å². The van der Waals surface area contributed by atoms with Crippen LogP contribution in [0.3, 0.4) is 0 Å². The van der Waals surface area contributed by atoms with E-state index < -0.39 is 0 Å². The standard InChI is InChI=1S/C56H32N4S/c1-3-17-33(18-4-1)55-57-52-40-26-11-8-22-36(40)35-21-7-9-24-38(35)50(52)56(58-55)60-46-30-16-14-28-42(46)51-53(60)41-27-12-10-25-39(41)49-44-31-43-37-23-13-15-29-45(37)59(34-19-5-2-6-20-34)47(43)32-48(44)61-54(49)51/h1-32H. The smallest absolute Gasteiger partial charge is 0.162 e. The highest BCUT2D eigenvalue weighted by Crippen LogP contribution is 2.50. The summed E-state index contributed by atoms with van der Waals surface area (Å²) < 4.78 is 7.45. The summed E-state index contributed by atoms with van der Waals surface area (Å²) in [6.45, 7) is 0. The molecule has 0 aliphatic rings. The van der Waals surface area contributed by atoms with Crippen LogP contribution in [-0.2, 0) is 0 Å². The predicted octanol–water partition coefficient (Wildman–Crippen LogP) is 15.3. The van der Waals surface area contributed by atoms with Gasteiger partial charge in [0, 0.05) is 63.7 Å². The number of hydrogen-bond acceptors (Lipinski definition) is 3. The topological polar surface area (TPSA) is 35.6 Å². The molecule has 0 fully saturated rings. The molecule has 0 amide bonds. The van der Waals surface area contributed by atoms with Gasteiger partial charge in [-0.3, -0.25) is 4.57 Å². The van der Waals surface area contributed by atoms with Crippen molar-refractivity contribution < 1.29 is 0 Å². The summed E-state index contributed by atoms with van der Waals surface area (Å²) in [6, 6.07) is 70.3. The SMILES string of the molecule is c1ccc(-c2nc(-n3c4ccccc4c4c5sc6cc7c(cc6c5c5ccccc5c43)c3ccccc3n7-c3ccccc3)c3c4ccccc4c4ccccc4c3n2)cc1. The van der Waals surface area contributed by atoms with Crippen LogP contribution in [0.1, 0.15) is 0 Å². The van der Waals surface area contributed by atoms with E-state index in [2.05, 4.69) is 203 Å². The van der Waals surface area contributed by atoms with Crippen molar-refractivity contribution in [3.05, 3.63) is 194 Å². The molecular weight excluding hydrogens is 761 g/mol. The number of thiophene rings is 1. The van der Waals surface area contributed by atoms with Crippen LogP contribution in [0, 0.1) is 0 Å². The van der Waals surface area contributed by atoms with E-state index in [1.165, 1.54) is 74.3 Å². The number of nitrogens with zero attached hydrogens (tertiary/aromatic N) is 4. The van der Waals surface area contributed by atoms with Gasteiger partial charge in [0.25, 0.3) is 0 Å². The van der Waals surface area contributed by atoms with Gasteiger partial charge in [-0.15, -0.1) is 11.3 Å². The summed E-state index contributed by atoms with van der Waals surface area (Å²) >= 11 is 1.91. The molecule has 0 spiro atoms. The number of benzene rings is 10. The van der Waals surface area contributed by atoms with Crippen molar-refractivity contribution >= 4 is 118 Å². The number of para-hydroxylation sites is 3. The first kappa shape index (κ1) is 33.0. The van der Waals surface area contributed by atoms with Gasteiger partial charge in [0.05, 0.1) is 33.0 Å². The molecule has 4 nitrogen and oxygen atoms in total. The molecule has 0 bridgehead atoms. The van der Waals surface area contributed by atoms with Crippen LogP contribution >= 0.6 is 11.3 Å². The van der Waals surface area contributed by atoms with Gasteiger partial charge in [-0.1, -0.05) is 158 Å². The van der Waals surface area contributed by atoms with E-state index in [9.17, 15) is 0 Å².